The number of ether oxygens (including phenoxy) is 1. The van der Waals surface area contributed by atoms with Crippen LogP contribution < -0.4 is 0 Å². The number of oxazole rings is 1. The molecule has 0 saturated carbocycles. The molecule has 0 spiro atoms. The molecule has 140 valence electrons. The van der Waals surface area contributed by atoms with E-state index in [2.05, 4.69) is 4.98 Å². The van der Waals surface area contributed by atoms with Crippen LogP contribution in [0, 0.1) is 0 Å². The molecule has 0 aliphatic heterocycles. The number of amides is 1. The van der Waals surface area contributed by atoms with Crippen LogP contribution >= 0.6 is 11.8 Å². The summed E-state index contributed by atoms with van der Waals surface area (Å²) in [6.07, 6.45) is 0. The van der Waals surface area contributed by atoms with Crippen molar-refractivity contribution < 1.29 is 18.7 Å². The summed E-state index contributed by atoms with van der Waals surface area (Å²) in [6.45, 7) is 1.64. The second-order valence-corrected chi connectivity index (χ2v) is 6.91. The quantitative estimate of drug-likeness (QED) is 0.457. The Kier molecular flexibility index (Phi) is 6.13. The molecule has 2 aromatic carbocycles. The first-order valence-corrected chi connectivity index (χ1v) is 9.48. The highest BCUT2D eigenvalue weighted by atomic mass is 32.2. The molecular weight excluding hydrogens is 364 g/mol. The summed E-state index contributed by atoms with van der Waals surface area (Å²) in [5.74, 6) is -0.721. The van der Waals surface area contributed by atoms with E-state index >= 15 is 0 Å². The summed E-state index contributed by atoms with van der Waals surface area (Å²) in [4.78, 5) is 30.0. The fourth-order valence-electron chi connectivity index (χ4n) is 2.49. The Morgan fingerprint density at radius 3 is 2.59 bits per heavy atom. The van der Waals surface area contributed by atoms with E-state index in [4.69, 9.17) is 9.15 Å². The van der Waals surface area contributed by atoms with E-state index in [-0.39, 0.29) is 24.3 Å². The van der Waals surface area contributed by atoms with Crippen LogP contribution in [0.25, 0.3) is 11.1 Å². The maximum atomic E-state index is 12.3. The molecule has 7 heteroatoms. The van der Waals surface area contributed by atoms with Crippen molar-refractivity contribution >= 4 is 34.7 Å². The maximum Gasteiger partial charge on any atom is 0.316 e. The first kappa shape index (κ1) is 19.0. The van der Waals surface area contributed by atoms with Crippen LogP contribution in [0.5, 0.6) is 0 Å². The molecule has 0 bridgehead atoms. The zero-order valence-electron chi connectivity index (χ0n) is 15.1. The van der Waals surface area contributed by atoms with E-state index in [1.165, 1.54) is 0 Å². The van der Waals surface area contributed by atoms with Gasteiger partial charge >= 0.3 is 5.97 Å². The van der Waals surface area contributed by atoms with Crippen LogP contribution in [0.15, 0.2) is 64.2 Å². The van der Waals surface area contributed by atoms with Gasteiger partial charge in [-0.1, -0.05) is 54.2 Å². The maximum absolute atomic E-state index is 12.3. The second kappa shape index (κ2) is 8.73. The van der Waals surface area contributed by atoms with E-state index < -0.39 is 5.97 Å². The molecule has 0 aliphatic rings. The molecule has 0 unspecified atom stereocenters. The van der Waals surface area contributed by atoms with E-state index in [1.54, 1.807) is 11.9 Å². The SMILES string of the molecule is C[C@@H](c1ccccc1)N(C)C(=O)COC(=O)CSc1nc2ccccc2o1. The van der Waals surface area contributed by atoms with Crippen molar-refractivity contribution in [3.63, 3.8) is 0 Å². The molecule has 27 heavy (non-hydrogen) atoms. The smallest absolute Gasteiger partial charge is 0.316 e. The Hall–Kier alpha value is -2.80. The molecule has 0 saturated heterocycles. The van der Waals surface area contributed by atoms with Gasteiger partial charge < -0.3 is 14.1 Å². The van der Waals surface area contributed by atoms with Gasteiger partial charge in [-0.15, -0.1) is 0 Å². The molecule has 0 radical (unpaired) electrons. The van der Waals surface area contributed by atoms with Gasteiger partial charge in [0.2, 0.25) is 0 Å². The third-order valence-corrected chi connectivity index (χ3v) is 5.00. The van der Waals surface area contributed by atoms with E-state index in [0.717, 1.165) is 22.8 Å². The van der Waals surface area contributed by atoms with Gasteiger partial charge in [0.25, 0.3) is 11.1 Å². The molecule has 1 heterocycles. The molecule has 3 rings (SSSR count). The number of fused-ring (bicyclic) bond motifs is 1. The Bertz CT molecular complexity index is 893. The van der Waals surface area contributed by atoms with Crippen molar-refractivity contribution in [2.45, 2.75) is 18.2 Å². The first-order chi connectivity index (χ1) is 13.0. The predicted octanol–water partition coefficient (Wildman–Crippen LogP) is 3.68. The topological polar surface area (TPSA) is 72.6 Å². The fourth-order valence-corrected chi connectivity index (χ4v) is 3.13. The summed E-state index contributed by atoms with van der Waals surface area (Å²) >= 11 is 1.14. The molecule has 1 aromatic heterocycles. The summed E-state index contributed by atoms with van der Waals surface area (Å²) in [5.41, 5.74) is 2.42. The minimum Gasteiger partial charge on any atom is -0.455 e. The highest BCUT2D eigenvalue weighted by Gasteiger charge is 2.19. The largest absolute Gasteiger partial charge is 0.455 e. The Labute approximate surface area is 161 Å². The monoisotopic (exact) mass is 384 g/mol. The Balaban J connectivity index is 1.46. The molecule has 0 N–H and O–H groups in total. The standard InChI is InChI=1S/C20H20N2O4S/c1-14(15-8-4-3-5-9-15)22(2)18(23)12-25-19(24)13-27-20-21-16-10-6-7-11-17(16)26-20/h3-11,14H,12-13H2,1-2H3/t14-/m0/s1. The van der Waals surface area contributed by atoms with E-state index in [9.17, 15) is 9.59 Å². The van der Waals surface area contributed by atoms with Crippen molar-refractivity contribution in [2.75, 3.05) is 19.4 Å². The lowest BCUT2D eigenvalue weighted by Gasteiger charge is -2.25. The number of benzene rings is 2. The van der Waals surface area contributed by atoms with Gasteiger partial charge in [0.05, 0.1) is 6.04 Å². The lowest BCUT2D eigenvalue weighted by Crippen LogP contribution is -2.33. The van der Waals surface area contributed by atoms with Crippen LogP contribution in [0.4, 0.5) is 0 Å². The summed E-state index contributed by atoms with van der Waals surface area (Å²) in [5, 5.41) is 0.397. The minimum atomic E-state index is -0.489. The van der Waals surface area contributed by atoms with Crippen LogP contribution in [0.1, 0.15) is 18.5 Å². The first-order valence-electron chi connectivity index (χ1n) is 8.49. The molecule has 3 aromatic rings. The Morgan fingerprint density at radius 2 is 1.85 bits per heavy atom. The number of para-hydroxylation sites is 2. The number of thioether (sulfide) groups is 1. The summed E-state index contributed by atoms with van der Waals surface area (Å²) < 4.78 is 10.6. The van der Waals surface area contributed by atoms with Crippen LogP contribution in [0.3, 0.4) is 0 Å². The van der Waals surface area contributed by atoms with Gasteiger partial charge in [0, 0.05) is 7.05 Å². The molecule has 1 amide bonds. The third kappa shape index (κ3) is 4.89. The fraction of sp³-hybridized carbons (Fsp3) is 0.250. The van der Waals surface area contributed by atoms with Crippen molar-refractivity contribution in [3.05, 3.63) is 60.2 Å². The zero-order valence-corrected chi connectivity index (χ0v) is 15.9. The van der Waals surface area contributed by atoms with Crippen molar-refractivity contribution in [2.24, 2.45) is 0 Å². The van der Waals surface area contributed by atoms with E-state index in [1.807, 2.05) is 61.5 Å². The van der Waals surface area contributed by atoms with Gasteiger partial charge in [-0.25, -0.2) is 4.98 Å². The highest BCUT2D eigenvalue weighted by Crippen LogP contribution is 2.23. The lowest BCUT2D eigenvalue weighted by molar-refractivity contribution is -0.150. The number of rotatable bonds is 7. The minimum absolute atomic E-state index is 0.0258. The number of hydrogen-bond donors (Lipinski definition) is 0. The lowest BCUT2D eigenvalue weighted by atomic mass is 10.1. The number of hydrogen-bond acceptors (Lipinski definition) is 6. The van der Waals surface area contributed by atoms with Crippen LogP contribution in [-0.2, 0) is 14.3 Å². The normalized spacial score (nSPS) is 11.9. The number of carbonyl (C=O) groups excluding carboxylic acids is 2. The van der Waals surface area contributed by atoms with Crippen molar-refractivity contribution in [1.82, 2.24) is 9.88 Å². The van der Waals surface area contributed by atoms with Crippen LogP contribution in [0.2, 0.25) is 0 Å². The molecule has 1 atom stereocenters. The van der Waals surface area contributed by atoms with Crippen LogP contribution in [-0.4, -0.2) is 41.2 Å². The number of aromatic nitrogens is 1. The van der Waals surface area contributed by atoms with Gasteiger partial charge in [-0.05, 0) is 24.6 Å². The van der Waals surface area contributed by atoms with E-state index in [0.29, 0.717) is 10.8 Å². The second-order valence-electron chi connectivity index (χ2n) is 5.99. The molecular formula is C20H20N2O4S. The zero-order chi connectivity index (χ0) is 19.2. The van der Waals surface area contributed by atoms with Gasteiger partial charge in [0.15, 0.2) is 12.2 Å². The number of nitrogens with zero attached hydrogens (tertiary/aromatic N) is 2. The van der Waals surface area contributed by atoms with Crippen molar-refractivity contribution in [1.29, 1.82) is 0 Å². The number of carbonyl (C=O) groups is 2. The molecule has 0 fully saturated rings. The molecule has 0 aliphatic carbocycles. The average molecular weight is 384 g/mol. The number of likely N-dealkylation sites (N-methyl/N-ethyl adjacent to an activating group) is 1. The average Bonchev–Trinajstić information content (AvgIpc) is 3.13. The molecule has 6 nitrogen and oxygen atoms in total. The summed E-state index contributed by atoms with van der Waals surface area (Å²) in [7, 11) is 1.70. The number of esters is 1. The van der Waals surface area contributed by atoms with Crippen molar-refractivity contribution in [3.8, 4) is 0 Å². The Morgan fingerprint density at radius 1 is 1.15 bits per heavy atom. The highest BCUT2D eigenvalue weighted by molar-refractivity contribution is 7.99. The van der Waals surface area contributed by atoms with Gasteiger partial charge in [-0.2, -0.15) is 0 Å². The summed E-state index contributed by atoms with van der Waals surface area (Å²) in [6, 6.07) is 17.0. The van der Waals surface area contributed by atoms with Gasteiger partial charge in [0.1, 0.15) is 11.3 Å². The third-order valence-electron chi connectivity index (χ3n) is 4.20. The van der Waals surface area contributed by atoms with Gasteiger partial charge in [-0.3, -0.25) is 9.59 Å². The predicted molar refractivity (Wildman–Crippen MR) is 103 cm³/mol.